The van der Waals surface area contributed by atoms with Gasteiger partial charge in [-0.15, -0.1) is 0 Å². The largest absolute Gasteiger partial charge is 0.339 e. The Morgan fingerprint density at radius 3 is 2.89 bits per heavy atom. The Kier molecular flexibility index (Phi) is 4.89. The fourth-order valence-corrected chi connectivity index (χ4v) is 2.76. The van der Waals surface area contributed by atoms with E-state index in [1.165, 1.54) is 6.42 Å². The lowest BCUT2D eigenvalue weighted by Gasteiger charge is -2.30. The van der Waals surface area contributed by atoms with Gasteiger partial charge in [0.1, 0.15) is 0 Å². The van der Waals surface area contributed by atoms with Gasteiger partial charge in [0.15, 0.2) is 0 Å². The molecule has 1 aliphatic rings. The van der Waals surface area contributed by atoms with Crippen LogP contribution < -0.4 is 0 Å². The van der Waals surface area contributed by atoms with Gasteiger partial charge in [-0.1, -0.05) is 36.2 Å². The van der Waals surface area contributed by atoms with E-state index in [4.69, 9.17) is 23.2 Å². The average molecular weight is 298 g/mol. The number of likely N-dealkylation sites (tertiary alicyclic amines) is 1. The number of benzene rings is 1. The minimum absolute atomic E-state index is 0.0533. The Labute approximate surface area is 124 Å². The van der Waals surface area contributed by atoms with Crippen LogP contribution in [-0.2, 0) is 4.79 Å². The molecule has 4 heteroatoms. The Morgan fingerprint density at radius 1 is 1.42 bits per heavy atom. The number of amides is 1. The summed E-state index contributed by atoms with van der Waals surface area (Å²) in [4.78, 5) is 14.0. The van der Waals surface area contributed by atoms with Gasteiger partial charge in [0.2, 0.25) is 5.91 Å². The summed E-state index contributed by atoms with van der Waals surface area (Å²) in [6.45, 7) is 3.87. The summed E-state index contributed by atoms with van der Waals surface area (Å²) in [7, 11) is 0. The first-order chi connectivity index (χ1) is 9.06. The minimum Gasteiger partial charge on any atom is -0.339 e. The third kappa shape index (κ3) is 3.99. The maximum atomic E-state index is 12.1. The second-order valence-corrected chi connectivity index (χ2v) is 5.87. The molecule has 0 radical (unpaired) electrons. The molecular weight excluding hydrogens is 281 g/mol. The van der Waals surface area contributed by atoms with Gasteiger partial charge in [-0.05, 0) is 42.5 Å². The lowest BCUT2D eigenvalue weighted by atomic mass is 10.0. The van der Waals surface area contributed by atoms with Crippen LogP contribution in [0.5, 0.6) is 0 Å². The highest BCUT2D eigenvalue weighted by Crippen LogP contribution is 2.22. The second-order valence-electron chi connectivity index (χ2n) is 5.03. The summed E-state index contributed by atoms with van der Waals surface area (Å²) in [5, 5.41) is 1.15. The quantitative estimate of drug-likeness (QED) is 0.747. The number of rotatable bonds is 2. The Hall–Kier alpha value is -0.990. The number of nitrogens with zero attached hydrogens (tertiary/aromatic N) is 1. The summed E-state index contributed by atoms with van der Waals surface area (Å²) >= 11 is 11.9. The van der Waals surface area contributed by atoms with E-state index in [-0.39, 0.29) is 5.91 Å². The maximum absolute atomic E-state index is 12.1. The summed E-state index contributed by atoms with van der Waals surface area (Å²) < 4.78 is 0. The van der Waals surface area contributed by atoms with Gasteiger partial charge >= 0.3 is 0 Å². The average Bonchev–Trinajstić information content (AvgIpc) is 2.37. The molecule has 1 atom stereocenters. The van der Waals surface area contributed by atoms with Crippen LogP contribution in [0.3, 0.4) is 0 Å². The maximum Gasteiger partial charge on any atom is 0.246 e. The summed E-state index contributed by atoms with van der Waals surface area (Å²) in [6, 6.07) is 5.25. The molecule has 102 valence electrons. The molecule has 0 bridgehead atoms. The zero-order chi connectivity index (χ0) is 13.8. The molecular formula is C15H17Cl2NO. The van der Waals surface area contributed by atoms with Crippen molar-refractivity contribution in [2.45, 2.75) is 19.8 Å². The molecule has 1 saturated heterocycles. The summed E-state index contributed by atoms with van der Waals surface area (Å²) in [6.07, 6.45) is 5.63. The molecule has 1 amide bonds. The lowest BCUT2D eigenvalue weighted by molar-refractivity contribution is -0.127. The molecule has 1 aromatic rings. The Balaban J connectivity index is 2.03. The van der Waals surface area contributed by atoms with Crippen molar-refractivity contribution in [3.8, 4) is 0 Å². The van der Waals surface area contributed by atoms with Gasteiger partial charge in [-0.25, -0.2) is 0 Å². The van der Waals surface area contributed by atoms with Crippen LogP contribution in [0, 0.1) is 5.92 Å². The van der Waals surface area contributed by atoms with E-state index in [1.54, 1.807) is 24.3 Å². The zero-order valence-electron chi connectivity index (χ0n) is 10.9. The zero-order valence-corrected chi connectivity index (χ0v) is 12.4. The van der Waals surface area contributed by atoms with Gasteiger partial charge in [-0.3, -0.25) is 4.79 Å². The predicted molar refractivity (Wildman–Crippen MR) is 80.5 cm³/mol. The van der Waals surface area contributed by atoms with E-state index < -0.39 is 0 Å². The predicted octanol–water partition coefficient (Wildman–Crippen LogP) is 4.27. The first-order valence-corrected chi connectivity index (χ1v) is 7.24. The Bertz CT molecular complexity index is 499. The van der Waals surface area contributed by atoms with Crippen LogP contribution in [0.2, 0.25) is 10.0 Å². The number of carbonyl (C=O) groups is 1. The van der Waals surface area contributed by atoms with Gasteiger partial charge in [0.05, 0.1) is 0 Å². The molecule has 1 heterocycles. The molecule has 0 saturated carbocycles. The molecule has 1 aromatic carbocycles. The topological polar surface area (TPSA) is 20.3 Å². The van der Waals surface area contributed by atoms with Crippen LogP contribution in [0.25, 0.3) is 6.08 Å². The molecule has 0 spiro atoms. The van der Waals surface area contributed by atoms with E-state index >= 15 is 0 Å². The van der Waals surface area contributed by atoms with Crippen LogP contribution in [0.15, 0.2) is 24.3 Å². The van der Waals surface area contributed by atoms with E-state index in [9.17, 15) is 4.79 Å². The SMILES string of the molecule is CC1CCCN(C(=O)/C=C/c2ccc(Cl)cc2Cl)C1. The minimum atomic E-state index is 0.0533. The number of halogens is 2. The van der Waals surface area contributed by atoms with E-state index in [0.717, 1.165) is 25.1 Å². The Morgan fingerprint density at radius 2 is 2.21 bits per heavy atom. The molecule has 1 aliphatic heterocycles. The van der Waals surface area contributed by atoms with Crippen LogP contribution >= 0.6 is 23.2 Å². The van der Waals surface area contributed by atoms with Crippen molar-refractivity contribution in [2.75, 3.05) is 13.1 Å². The molecule has 2 nitrogen and oxygen atoms in total. The van der Waals surface area contributed by atoms with Gasteiger partial charge in [0, 0.05) is 29.2 Å². The van der Waals surface area contributed by atoms with Gasteiger partial charge in [0.25, 0.3) is 0 Å². The highest BCUT2D eigenvalue weighted by atomic mass is 35.5. The number of hydrogen-bond donors (Lipinski definition) is 0. The van der Waals surface area contributed by atoms with Crippen LogP contribution in [-0.4, -0.2) is 23.9 Å². The number of hydrogen-bond acceptors (Lipinski definition) is 1. The fraction of sp³-hybridized carbons (Fsp3) is 0.400. The van der Waals surface area contributed by atoms with Crippen LogP contribution in [0.4, 0.5) is 0 Å². The van der Waals surface area contributed by atoms with Crippen molar-refractivity contribution < 1.29 is 4.79 Å². The summed E-state index contributed by atoms with van der Waals surface area (Å²) in [5.74, 6) is 0.641. The normalized spacial score (nSPS) is 19.9. The number of carbonyl (C=O) groups excluding carboxylic acids is 1. The van der Waals surface area contributed by atoms with E-state index in [0.29, 0.717) is 16.0 Å². The molecule has 0 aromatic heterocycles. The van der Waals surface area contributed by atoms with Crippen molar-refractivity contribution in [3.05, 3.63) is 39.9 Å². The van der Waals surface area contributed by atoms with E-state index in [2.05, 4.69) is 6.92 Å². The molecule has 1 unspecified atom stereocenters. The smallest absolute Gasteiger partial charge is 0.246 e. The third-order valence-corrected chi connectivity index (χ3v) is 3.90. The van der Waals surface area contributed by atoms with Crippen molar-refractivity contribution in [1.29, 1.82) is 0 Å². The van der Waals surface area contributed by atoms with Gasteiger partial charge in [-0.2, -0.15) is 0 Å². The number of piperidine rings is 1. The first-order valence-electron chi connectivity index (χ1n) is 6.48. The molecule has 2 rings (SSSR count). The molecule has 19 heavy (non-hydrogen) atoms. The van der Waals surface area contributed by atoms with Crippen molar-refractivity contribution in [1.82, 2.24) is 4.90 Å². The molecule has 1 fully saturated rings. The highest BCUT2D eigenvalue weighted by Gasteiger charge is 2.18. The molecule has 0 aliphatic carbocycles. The van der Waals surface area contributed by atoms with Crippen molar-refractivity contribution in [2.24, 2.45) is 5.92 Å². The second kappa shape index (κ2) is 6.44. The fourth-order valence-electron chi connectivity index (χ4n) is 2.29. The first kappa shape index (κ1) is 14.4. The molecule has 0 N–H and O–H groups in total. The van der Waals surface area contributed by atoms with Crippen LogP contribution in [0.1, 0.15) is 25.3 Å². The van der Waals surface area contributed by atoms with Gasteiger partial charge < -0.3 is 4.90 Å². The third-order valence-electron chi connectivity index (χ3n) is 3.34. The van der Waals surface area contributed by atoms with Crippen molar-refractivity contribution in [3.63, 3.8) is 0 Å². The standard InChI is InChI=1S/C15H17Cl2NO/c1-11-3-2-8-18(10-11)15(19)7-5-12-4-6-13(16)9-14(12)17/h4-7,9,11H,2-3,8,10H2,1H3/b7-5+. The monoisotopic (exact) mass is 297 g/mol. The highest BCUT2D eigenvalue weighted by molar-refractivity contribution is 6.35. The summed E-state index contributed by atoms with van der Waals surface area (Å²) in [5.41, 5.74) is 0.810. The van der Waals surface area contributed by atoms with E-state index in [1.807, 2.05) is 11.0 Å². The van der Waals surface area contributed by atoms with Crippen molar-refractivity contribution >= 4 is 35.2 Å². The lowest BCUT2D eigenvalue weighted by Crippen LogP contribution is -2.38.